The lowest BCUT2D eigenvalue weighted by molar-refractivity contribution is -0.139. The number of nitrogens with one attached hydrogen (secondary N) is 2. The van der Waals surface area contributed by atoms with E-state index in [9.17, 15) is 42.2 Å². The van der Waals surface area contributed by atoms with Gasteiger partial charge in [0, 0.05) is 38.1 Å². The lowest BCUT2D eigenvalue weighted by atomic mass is 10.0. The highest BCUT2D eigenvalue weighted by Gasteiger charge is 2.65. The van der Waals surface area contributed by atoms with E-state index in [-0.39, 0.29) is 30.6 Å². The van der Waals surface area contributed by atoms with Gasteiger partial charge in [0.1, 0.15) is 22.4 Å². The summed E-state index contributed by atoms with van der Waals surface area (Å²) in [5.74, 6) is -0.179. The van der Waals surface area contributed by atoms with E-state index in [1.54, 1.807) is 14.9 Å². The Hall–Kier alpha value is -3.15. The van der Waals surface area contributed by atoms with Crippen molar-refractivity contribution in [1.82, 2.24) is 20.1 Å². The average Bonchev–Trinajstić information content (AvgIpc) is 3.21. The molecule has 2 fully saturated rings. The summed E-state index contributed by atoms with van der Waals surface area (Å²) >= 11 is 0. The fourth-order valence-corrected chi connectivity index (χ4v) is 5.32. The fourth-order valence-electron chi connectivity index (χ4n) is 4.74. The van der Waals surface area contributed by atoms with Crippen LogP contribution in [0.15, 0.2) is 34.2 Å². The number of aromatic nitrogens is 3. The number of nitrogens with zero attached hydrogens (tertiary/aromatic N) is 4. The smallest absolute Gasteiger partial charge is 0.378 e. The zero-order valence-corrected chi connectivity index (χ0v) is 21.8. The Morgan fingerprint density at radius 1 is 1.07 bits per heavy atom. The second kappa shape index (κ2) is 9.74. The highest BCUT2D eigenvalue weighted by atomic mass is 32.5. The molecule has 2 atom stereocenters. The van der Waals surface area contributed by atoms with Gasteiger partial charge in [-0.3, -0.25) is 9.59 Å². The third-order valence-electron chi connectivity index (χ3n) is 6.68. The van der Waals surface area contributed by atoms with Crippen LogP contribution in [0.1, 0.15) is 31.7 Å². The second-order valence-electron chi connectivity index (χ2n) is 9.71. The lowest BCUT2D eigenvalue weighted by Crippen LogP contribution is -2.47. The van der Waals surface area contributed by atoms with Crippen LogP contribution in [-0.4, -0.2) is 70.4 Å². The van der Waals surface area contributed by atoms with Crippen LogP contribution in [0.25, 0.3) is 0 Å². The predicted octanol–water partition coefficient (Wildman–Crippen LogP) is 4.93. The Labute approximate surface area is 222 Å². The van der Waals surface area contributed by atoms with E-state index < -0.39 is 50.3 Å². The van der Waals surface area contributed by atoms with Crippen LogP contribution in [0.3, 0.4) is 0 Å². The number of hydrogen-bond donors (Lipinski definition) is 2. The zero-order chi connectivity index (χ0) is 29.6. The summed E-state index contributed by atoms with van der Waals surface area (Å²) in [5, 5.41) is 7.67. The van der Waals surface area contributed by atoms with Crippen LogP contribution in [0.4, 0.5) is 44.1 Å². The van der Waals surface area contributed by atoms with Gasteiger partial charge in [0.15, 0.2) is 0 Å². The van der Waals surface area contributed by atoms with Crippen molar-refractivity contribution in [3.63, 3.8) is 0 Å². The summed E-state index contributed by atoms with van der Waals surface area (Å²) in [6, 6.07) is 0.322. The molecule has 2 aliphatic heterocycles. The van der Waals surface area contributed by atoms with Gasteiger partial charge in [-0.2, -0.15) is 18.3 Å². The van der Waals surface area contributed by atoms with Crippen LogP contribution < -0.4 is 15.8 Å². The largest absolute Gasteiger partial charge is 0.423 e. The molecule has 9 nitrogen and oxygen atoms in total. The number of rotatable bonds is 8. The van der Waals surface area contributed by atoms with E-state index in [0.717, 1.165) is 12.3 Å². The summed E-state index contributed by atoms with van der Waals surface area (Å²) in [7, 11) is -9.81. The molecule has 0 bridgehead atoms. The van der Waals surface area contributed by atoms with E-state index in [0.29, 0.717) is 45.0 Å². The zero-order valence-electron chi connectivity index (χ0n) is 20.9. The molecule has 4 rings (SSSR count). The number of pyridine rings is 1. The summed E-state index contributed by atoms with van der Waals surface area (Å²) in [5.41, 5.74) is -3.33. The monoisotopic (exact) mass is 606 g/mol. The first-order valence-corrected chi connectivity index (χ1v) is 14.1. The molecule has 2 aromatic heterocycles. The maximum atomic E-state index is 13.2. The molecule has 0 unspecified atom stereocenters. The van der Waals surface area contributed by atoms with Gasteiger partial charge in [0.25, 0.3) is 11.5 Å². The Morgan fingerprint density at radius 3 is 2.33 bits per heavy atom. The summed E-state index contributed by atoms with van der Waals surface area (Å²) in [6.45, 7) is 2.42. The third-order valence-corrected chi connectivity index (χ3v) is 7.81. The molecule has 0 saturated carbocycles. The van der Waals surface area contributed by atoms with Crippen molar-refractivity contribution in [2.75, 3.05) is 36.5 Å². The Bertz CT molecular complexity index is 1300. The van der Waals surface area contributed by atoms with Crippen molar-refractivity contribution in [3.05, 3.63) is 40.4 Å². The molecule has 1 amide bonds. The first kappa shape index (κ1) is 29.8. The maximum Gasteiger partial charge on any atom is 0.423 e. The lowest BCUT2D eigenvalue weighted by Gasteiger charge is -2.40. The molecule has 40 heavy (non-hydrogen) atoms. The van der Waals surface area contributed by atoms with Crippen molar-refractivity contribution in [2.45, 2.75) is 55.4 Å². The number of ether oxygens (including phenoxy) is 1. The van der Waals surface area contributed by atoms with Gasteiger partial charge in [-0.25, -0.2) is 10.1 Å². The minimum absolute atomic E-state index is 0.115. The number of piperidine rings is 1. The van der Waals surface area contributed by atoms with Crippen LogP contribution in [0.2, 0.25) is 0 Å². The topological polar surface area (TPSA) is 103 Å². The van der Waals surface area contributed by atoms with E-state index in [4.69, 9.17) is 4.74 Å². The average molecular weight is 607 g/mol. The number of amides is 1. The molecule has 2 aromatic rings. The summed E-state index contributed by atoms with van der Waals surface area (Å²) in [4.78, 5) is 29.3. The number of anilines is 2. The fraction of sp³-hybridized carbons (Fsp3) is 0.545. The molecule has 18 heteroatoms. The minimum Gasteiger partial charge on any atom is -0.378 e. The molecule has 224 valence electrons. The van der Waals surface area contributed by atoms with Gasteiger partial charge in [0.05, 0.1) is 24.7 Å². The minimum atomic E-state index is -9.81. The number of alkyl halides is 3. The third kappa shape index (κ3) is 6.76. The number of aromatic amines is 1. The first-order chi connectivity index (χ1) is 18.3. The highest BCUT2D eigenvalue weighted by molar-refractivity contribution is 8.45. The molecule has 2 N–H and O–H groups in total. The van der Waals surface area contributed by atoms with Crippen molar-refractivity contribution in [1.29, 1.82) is 0 Å². The number of likely N-dealkylation sites (tertiary alicyclic amines) is 1. The molecule has 2 aliphatic rings. The van der Waals surface area contributed by atoms with Crippen LogP contribution >= 0.6 is 10.2 Å². The van der Waals surface area contributed by atoms with Gasteiger partial charge in [-0.05, 0) is 31.9 Å². The summed E-state index contributed by atoms with van der Waals surface area (Å²) < 4.78 is 110. The van der Waals surface area contributed by atoms with E-state index in [1.165, 1.54) is 6.92 Å². The molecule has 0 aromatic carbocycles. The molecular weight excluding hydrogens is 580 g/mol. The predicted molar refractivity (Wildman–Crippen MR) is 130 cm³/mol. The quantitative estimate of drug-likeness (QED) is 0.411. The molecule has 2 saturated heterocycles. The number of halogens is 8. The number of carbonyl (C=O) groups excluding carboxylic acids is 1. The second-order valence-corrected chi connectivity index (χ2v) is 12.1. The van der Waals surface area contributed by atoms with Gasteiger partial charge in [-0.1, -0.05) is 19.4 Å². The van der Waals surface area contributed by atoms with Gasteiger partial charge < -0.3 is 19.9 Å². The van der Waals surface area contributed by atoms with E-state index in [1.807, 2.05) is 0 Å². The van der Waals surface area contributed by atoms with Gasteiger partial charge in [-0.15, -0.1) is 0 Å². The van der Waals surface area contributed by atoms with Crippen molar-refractivity contribution in [3.8, 4) is 0 Å². The maximum absolute atomic E-state index is 13.2. The molecule has 0 aliphatic carbocycles. The number of hydrogen-bond acceptors (Lipinski definition) is 7. The normalized spacial score (nSPS) is 21.7. The van der Waals surface area contributed by atoms with E-state index >= 15 is 0 Å². The SMILES string of the molecule is C[C@@H](CO[C@@H]1CCN(C2CCN(c3ccc(S(F)(F)(F)(F)F)cn3)CC2)C1=O)Nc1cn[nH]c(=O)c1C(F)(F)F. The Morgan fingerprint density at radius 2 is 1.75 bits per heavy atom. The van der Waals surface area contributed by atoms with Crippen LogP contribution in [0, 0.1) is 0 Å². The molecule has 4 heterocycles. The number of carbonyl (C=O) groups is 1. The first-order valence-electron chi connectivity index (χ1n) is 12.1. The Balaban J connectivity index is 1.28. The Kier molecular flexibility index (Phi) is 7.26. The standard InChI is InChI=1S/C22H26F8N6O3S/c1-13(33-16-11-32-34-20(37)19(16)22(23,24)25)12-39-17-6-9-36(21(17)38)14-4-7-35(8-5-14)18-3-2-15(10-31-18)40(26,27,28,29)30/h2-3,10-11,13-14,17H,4-9,12H2,1H3,(H2,33,34,37)/t13-,17+/m0/s1. The van der Waals surface area contributed by atoms with Crippen molar-refractivity contribution < 1.29 is 42.1 Å². The number of H-pyrrole nitrogens is 1. The van der Waals surface area contributed by atoms with Crippen molar-refractivity contribution in [2.24, 2.45) is 0 Å². The van der Waals surface area contributed by atoms with Gasteiger partial charge >= 0.3 is 16.4 Å². The summed E-state index contributed by atoms with van der Waals surface area (Å²) in [6.07, 6.45) is -3.50. The molecular formula is C22H26F8N6O3S. The van der Waals surface area contributed by atoms with Crippen molar-refractivity contribution >= 4 is 27.6 Å². The van der Waals surface area contributed by atoms with E-state index in [2.05, 4.69) is 15.4 Å². The van der Waals surface area contributed by atoms with Crippen LogP contribution in [0.5, 0.6) is 0 Å². The molecule has 0 radical (unpaired) electrons. The van der Waals surface area contributed by atoms with Gasteiger partial charge in [0.2, 0.25) is 0 Å². The van der Waals surface area contributed by atoms with Crippen LogP contribution in [-0.2, 0) is 15.7 Å². The molecule has 0 spiro atoms. The highest BCUT2D eigenvalue weighted by Crippen LogP contribution is 3.02.